The summed E-state index contributed by atoms with van der Waals surface area (Å²) in [4.78, 5) is 29.3. The molecule has 1 fully saturated rings. The summed E-state index contributed by atoms with van der Waals surface area (Å²) in [5, 5.41) is 0. The summed E-state index contributed by atoms with van der Waals surface area (Å²) < 4.78 is 2.33. The van der Waals surface area contributed by atoms with Gasteiger partial charge in [0.1, 0.15) is 0 Å². The number of amides is 2. The van der Waals surface area contributed by atoms with Gasteiger partial charge in [-0.15, -0.1) is 0 Å². The van der Waals surface area contributed by atoms with Crippen molar-refractivity contribution in [2.45, 2.75) is 46.2 Å². The van der Waals surface area contributed by atoms with Crippen LogP contribution in [0.3, 0.4) is 0 Å². The molecule has 0 bridgehead atoms. The van der Waals surface area contributed by atoms with E-state index in [9.17, 15) is 9.59 Å². The number of carbonyl (C=O) groups excluding carboxylic acids is 2. The number of hydrogen-bond donors (Lipinski definition) is 0. The summed E-state index contributed by atoms with van der Waals surface area (Å²) in [5.41, 5.74) is 3.96. The van der Waals surface area contributed by atoms with E-state index >= 15 is 0 Å². The Hall–Kier alpha value is -2.56. The number of carbonyl (C=O) groups is 2. The van der Waals surface area contributed by atoms with Gasteiger partial charge in [0, 0.05) is 48.7 Å². The van der Waals surface area contributed by atoms with Crippen LogP contribution in [-0.2, 0) is 11.3 Å². The summed E-state index contributed by atoms with van der Waals surface area (Å²) in [5.74, 6) is 0.517. The Labute approximate surface area is 160 Å². The topological polar surface area (TPSA) is 45.6 Å². The third kappa shape index (κ3) is 3.05. The second-order valence-corrected chi connectivity index (χ2v) is 7.94. The summed E-state index contributed by atoms with van der Waals surface area (Å²) in [6, 6.07) is 11.9. The van der Waals surface area contributed by atoms with Gasteiger partial charge in [-0.1, -0.05) is 19.9 Å². The van der Waals surface area contributed by atoms with Gasteiger partial charge in [0.2, 0.25) is 5.91 Å². The minimum atomic E-state index is 0.0484. The molecular weight excluding hydrogens is 338 g/mol. The minimum absolute atomic E-state index is 0.0484. The van der Waals surface area contributed by atoms with E-state index in [-0.39, 0.29) is 17.9 Å². The monoisotopic (exact) mass is 365 g/mol. The van der Waals surface area contributed by atoms with Gasteiger partial charge in [-0.25, -0.2) is 0 Å². The maximum atomic E-state index is 13.4. The Morgan fingerprint density at radius 3 is 2.63 bits per heavy atom. The van der Waals surface area contributed by atoms with E-state index in [1.165, 1.54) is 11.4 Å². The molecule has 2 amide bonds. The Kier molecular flexibility index (Phi) is 4.54. The molecule has 0 unspecified atom stereocenters. The molecule has 0 spiro atoms. The number of anilines is 1. The quantitative estimate of drug-likeness (QED) is 0.831. The van der Waals surface area contributed by atoms with E-state index in [0.29, 0.717) is 24.4 Å². The van der Waals surface area contributed by atoms with Crippen molar-refractivity contribution in [2.75, 3.05) is 18.0 Å². The van der Waals surface area contributed by atoms with Gasteiger partial charge < -0.3 is 14.4 Å². The number of aromatic nitrogens is 1. The highest BCUT2D eigenvalue weighted by Crippen LogP contribution is 2.35. The lowest BCUT2D eigenvalue weighted by Crippen LogP contribution is -2.44. The average molecular weight is 365 g/mol. The smallest absolute Gasteiger partial charge is 0.254 e. The molecule has 142 valence electrons. The first-order chi connectivity index (χ1) is 13.0. The van der Waals surface area contributed by atoms with E-state index in [1.54, 1.807) is 4.90 Å². The van der Waals surface area contributed by atoms with Crippen LogP contribution >= 0.6 is 0 Å². The van der Waals surface area contributed by atoms with Crippen molar-refractivity contribution in [3.8, 4) is 0 Å². The molecule has 5 heteroatoms. The van der Waals surface area contributed by atoms with Crippen molar-refractivity contribution in [1.29, 1.82) is 0 Å². The number of rotatable bonds is 3. The number of nitrogens with zero attached hydrogens (tertiary/aromatic N) is 3. The summed E-state index contributed by atoms with van der Waals surface area (Å²) >= 11 is 0. The van der Waals surface area contributed by atoms with Crippen LogP contribution in [0.5, 0.6) is 0 Å². The number of fused-ring (bicyclic) bond motifs is 1. The van der Waals surface area contributed by atoms with Gasteiger partial charge in [0.25, 0.3) is 5.91 Å². The number of benzene rings is 1. The summed E-state index contributed by atoms with van der Waals surface area (Å²) in [6.45, 7) is 8.73. The molecule has 0 saturated carbocycles. The van der Waals surface area contributed by atoms with Crippen LogP contribution in [0.4, 0.5) is 5.69 Å². The van der Waals surface area contributed by atoms with Gasteiger partial charge in [0.15, 0.2) is 0 Å². The van der Waals surface area contributed by atoms with Crippen LogP contribution < -0.4 is 4.90 Å². The molecule has 1 saturated heterocycles. The highest BCUT2D eigenvalue weighted by molar-refractivity contribution is 5.99. The average Bonchev–Trinajstić information content (AvgIpc) is 3.26. The lowest BCUT2D eigenvalue weighted by Gasteiger charge is -2.40. The third-order valence-electron chi connectivity index (χ3n) is 5.81. The van der Waals surface area contributed by atoms with Gasteiger partial charge in [0.05, 0.1) is 6.04 Å². The van der Waals surface area contributed by atoms with Crippen molar-refractivity contribution in [2.24, 2.45) is 5.92 Å². The Morgan fingerprint density at radius 1 is 1.11 bits per heavy atom. The highest BCUT2D eigenvalue weighted by Gasteiger charge is 2.34. The normalized spacial score (nSPS) is 19.7. The summed E-state index contributed by atoms with van der Waals surface area (Å²) in [6.07, 6.45) is 1.48. The van der Waals surface area contributed by atoms with E-state index in [2.05, 4.69) is 37.5 Å². The Morgan fingerprint density at radius 2 is 1.93 bits per heavy atom. The van der Waals surface area contributed by atoms with Crippen LogP contribution in [0, 0.1) is 12.8 Å². The van der Waals surface area contributed by atoms with Crippen LogP contribution in [0.1, 0.15) is 54.5 Å². The molecule has 1 aromatic heterocycles. The van der Waals surface area contributed by atoms with Crippen LogP contribution in [-0.4, -0.2) is 34.4 Å². The molecule has 4 rings (SSSR count). The zero-order valence-electron chi connectivity index (χ0n) is 16.3. The van der Waals surface area contributed by atoms with Crippen molar-refractivity contribution in [3.63, 3.8) is 0 Å². The largest absolute Gasteiger partial charge is 0.345 e. The molecule has 0 aliphatic carbocycles. The van der Waals surface area contributed by atoms with E-state index in [4.69, 9.17) is 0 Å². The fourth-order valence-corrected chi connectivity index (χ4v) is 4.48. The lowest BCUT2D eigenvalue weighted by atomic mass is 9.96. The molecule has 1 atom stereocenters. The fourth-order valence-electron chi connectivity index (χ4n) is 4.48. The third-order valence-corrected chi connectivity index (χ3v) is 5.81. The van der Waals surface area contributed by atoms with Gasteiger partial charge >= 0.3 is 0 Å². The van der Waals surface area contributed by atoms with Crippen molar-refractivity contribution < 1.29 is 9.59 Å². The van der Waals surface area contributed by atoms with E-state index in [0.717, 1.165) is 25.2 Å². The zero-order valence-corrected chi connectivity index (χ0v) is 16.3. The predicted octanol–water partition coefficient (Wildman–Crippen LogP) is 3.78. The Bertz CT molecular complexity index is 883. The molecule has 0 N–H and O–H groups in total. The first kappa shape index (κ1) is 17.8. The molecule has 27 heavy (non-hydrogen) atoms. The standard InChI is InChI=1S/C22H27N3O2/c1-15(2)21-19-10-9-16(3)23(19)12-13-25(21)22(27)17-6-4-7-18(14-17)24-11-5-8-20(24)26/h4,6-7,9-10,14-15,21H,5,8,11-13H2,1-3H3/t21-/m1/s1. The lowest BCUT2D eigenvalue weighted by molar-refractivity contribution is -0.117. The highest BCUT2D eigenvalue weighted by atomic mass is 16.2. The van der Waals surface area contributed by atoms with E-state index in [1.807, 2.05) is 29.2 Å². The molecule has 5 nitrogen and oxygen atoms in total. The maximum Gasteiger partial charge on any atom is 0.254 e. The van der Waals surface area contributed by atoms with Gasteiger partial charge in [-0.3, -0.25) is 9.59 Å². The molecular formula is C22H27N3O2. The maximum absolute atomic E-state index is 13.4. The SMILES string of the molecule is Cc1ccc2n1CCN(C(=O)c1cccc(N3CCCC3=O)c1)[C@@H]2C(C)C. The zero-order chi connectivity index (χ0) is 19.1. The second kappa shape index (κ2) is 6.87. The molecule has 2 aliphatic heterocycles. The van der Waals surface area contributed by atoms with E-state index < -0.39 is 0 Å². The van der Waals surface area contributed by atoms with Crippen molar-refractivity contribution in [1.82, 2.24) is 9.47 Å². The van der Waals surface area contributed by atoms with Gasteiger partial charge in [-0.05, 0) is 49.6 Å². The van der Waals surface area contributed by atoms with Crippen molar-refractivity contribution in [3.05, 3.63) is 53.3 Å². The predicted molar refractivity (Wildman–Crippen MR) is 106 cm³/mol. The molecule has 2 aromatic rings. The number of hydrogen-bond acceptors (Lipinski definition) is 2. The molecule has 3 heterocycles. The molecule has 1 aromatic carbocycles. The fraction of sp³-hybridized carbons (Fsp3) is 0.455. The first-order valence-electron chi connectivity index (χ1n) is 9.85. The number of aryl methyl sites for hydroxylation is 1. The van der Waals surface area contributed by atoms with Crippen LogP contribution in [0.2, 0.25) is 0 Å². The summed E-state index contributed by atoms with van der Waals surface area (Å²) in [7, 11) is 0. The first-order valence-corrected chi connectivity index (χ1v) is 9.85. The van der Waals surface area contributed by atoms with Crippen LogP contribution in [0.15, 0.2) is 36.4 Å². The Balaban J connectivity index is 1.65. The second-order valence-electron chi connectivity index (χ2n) is 7.94. The van der Waals surface area contributed by atoms with Crippen molar-refractivity contribution >= 4 is 17.5 Å². The minimum Gasteiger partial charge on any atom is -0.345 e. The van der Waals surface area contributed by atoms with Crippen LogP contribution in [0.25, 0.3) is 0 Å². The molecule has 0 radical (unpaired) electrons. The molecule has 2 aliphatic rings. The van der Waals surface area contributed by atoms with Gasteiger partial charge in [-0.2, -0.15) is 0 Å².